The first-order chi connectivity index (χ1) is 15.1. The molecule has 0 radical (unpaired) electrons. The van der Waals surface area contributed by atoms with Gasteiger partial charge in [-0.25, -0.2) is 19.9 Å². The van der Waals surface area contributed by atoms with Gasteiger partial charge in [-0.3, -0.25) is 0 Å². The summed E-state index contributed by atoms with van der Waals surface area (Å²) in [6.45, 7) is 2.75. The number of carbonyl (C=O) groups excluding carboxylic acids is 1. The van der Waals surface area contributed by atoms with E-state index in [1.807, 2.05) is 28.9 Å². The molecule has 0 saturated carbocycles. The van der Waals surface area contributed by atoms with Gasteiger partial charge in [0.25, 0.3) is 0 Å². The lowest BCUT2D eigenvalue weighted by Crippen LogP contribution is -2.23. The van der Waals surface area contributed by atoms with Crippen molar-refractivity contribution in [1.82, 2.24) is 24.7 Å². The Kier molecular flexibility index (Phi) is 4.91. The van der Waals surface area contributed by atoms with Crippen LogP contribution in [-0.4, -0.2) is 44.0 Å². The normalized spacial score (nSPS) is 16.6. The highest BCUT2D eigenvalue weighted by Crippen LogP contribution is 2.32. The number of nitrogens with one attached hydrogen (secondary N) is 1. The van der Waals surface area contributed by atoms with Crippen LogP contribution in [0, 0.1) is 0 Å². The van der Waals surface area contributed by atoms with Crippen LogP contribution in [0.15, 0.2) is 36.7 Å². The summed E-state index contributed by atoms with van der Waals surface area (Å²) < 4.78 is 12.7. The summed E-state index contributed by atoms with van der Waals surface area (Å²) in [5, 5.41) is 10.5. The lowest BCUT2D eigenvalue weighted by molar-refractivity contribution is -0.0383. The SMILES string of the molecule is CCOC(=O)Nn1cc2c(n1)c(N)nc1cc(-c3ccnn3C3CCCCO3)ccc12. The Morgan fingerprint density at radius 2 is 2.23 bits per heavy atom. The summed E-state index contributed by atoms with van der Waals surface area (Å²) in [7, 11) is 0. The number of nitrogens with two attached hydrogens (primary N) is 1. The van der Waals surface area contributed by atoms with Crippen LogP contribution in [0.4, 0.5) is 10.6 Å². The van der Waals surface area contributed by atoms with E-state index >= 15 is 0 Å². The molecule has 10 nitrogen and oxygen atoms in total. The third-order valence-corrected chi connectivity index (χ3v) is 5.36. The number of carbonyl (C=O) groups is 1. The molecule has 3 aromatic heterocycles. The molecule has 1 aliphatic rings. The van der Waals surface area contributed by atoms with E-state index in [9.17, 15) is 4.79 Å². The number of fused-ring (bicyclic) bond motifs is 3. The van der Waals surface area contributed by atoms with Gasteiger partial charge in [0.15, 0.2) is 12.0 Å². The maximum Gasteiger partial charge on any atom is 0.427 e. The van der Waals surface area contributed by atoms with Gasteiger partial charge in [0.05, 0.1) is 24.0 Å². The van der Waals surface area contributed by atoms with Crippen LogP contribution in [0.5, 0.6) is 0 Å². The van der Waals surface area contributed by atoms with Gasteiger partial charge in [0, 0.05) is 29.1 Å². The summed E-state index contributed by atoms with van der Waals surface area (Å²) in [5.74, 6) is 0.285. The highest BCUT2D eigenvalue weighted by atomic mass is 16.6. The summed E-state index contributed by atoms with van der Waals surface area (Å²) >= 11 is 0. The minimum atomic E-state index is -0.591. The number of ether oxygens (including phenoxy) is 2. The number of anilines is 1. The van der Waals surface area contributed by atoms with Crippen LogP contribution in [0.25, 0.3) is 33.1 Å². The van der Waals surface area contributed by atoms with Crippen molar-refractivity contribution in [3.05, 3.63) is 36.7 Å². The first-order valence-corrected chi connectivity index (χ1v) is 10.3. The zero-order valence-corrected chi connectivity index (χ0v) is 17.1. The molecule has 4 heterocycles. The van der Waals surface area contributed by atoms with Crippen molar-refractivity contribution in [2.75, 3.05) is 24.4 Å². The minimum absolute atomic E-state index is 0.0536. The maximum atomic E-state index is 11.7. The van der Waals surface area contributed by atoms with Crippen molar-refractivity contribution in [3.63, 3.8) is 0 Å². The number of pyridine rings is 1. The van der Waals surface area contributed by atoms with Gasteiger partial charge in [0.1, 0.15) is 5.52 Å². The fraction of sp³-hybridized carbons (Fsp3) is 0.333. The Balaban J connectivity index is 1.54. The average molecular weight is 421 g/mol. The third kappa shape index (κ3) is 3.55. The number of hydrogen-bond donors (Lipinski definition) is 2. The van der Waals surface area contributed by atoms with Crippen molar-refractivity contribution >= 4 is 33.7 Å². The number of hydrogen-bond acceptors (Lipinski definition) is 7. The smallest absolute Gasteiger partial charge is 0.427 e. The molecular formula is C21H23N7O3. The second kappa shape index (κ2) is 7.88. The zero-order valence-electron chi connectivity index (χ0n) is 17.1. The molecule has 1 saturated heterocycles. The molecule has 4 aromatic rings. The molecule has 1 unspecified atom stereocenters. The molecule has 1 aliphatic heterocycles. The molecule has 5 rings (SSSR count). The second-order valence-electron chi connectivity index (χ2n) is 7.38. The van der Waals surface area contributed by atoms with Crippen molar-refractivity contribution < 1.29 is 14.3 Å². The van der Waals surface area contributed by atoms with Crippen LogP contribution in [-0.2, 0) is 9.47 Å². The number of amides is 1. The van der Waals surface area contributed by atoms with Crippen LogP contribution < -0.4 is 11.2 Å². The molecule has 31 heavy (non-hydrogen) atoms. The average Bonchev–Trinajstić information content (AvgIpc) is 3.42. The quantitative estimate of drug-likeness (QED) is 0.517. The predicted molar refractivity (Wildman–Crippen MR) is 116 cm³/mol. The third-order valence-electron chi connectivity index (χ3n) is 5.36. The highest BCUT2D eigenvalue weighted by Gasteiger charge is 2.20. The van der Waals surface area contributed by atoms with E-state index in [1.54, 1.807) is 19.3 Å². The standard InChI is InChI=1S/C21H23N7O3/c1-2-30-21(29)26-27-12-15-14-7-6-13(11-16(14)24-20(22)19(15)25-27)17-8-9-23-28(17)18-5-3-4-10-31-18/h6-9,11-12,18H,2-5,10H2,1H3,(H2,22,24)(H,26,29). The highest BCUT2D eigenvalue weighted by molar-refractivity contribution is 6.08. The molecule has 1 aromatic carbocycles. The van der Waals surface area contributed by atoms with E-state index in [0.29, 0.717) is 5.52 Å². The van der Waals surface area contributed by atoms with Crippen LogP contribution >= 0.6 is 0 Å². The van der Waals surface area contributed by atoms with Gasteiger partial charge >= 0.3 is 6.09 Å². The maximum absolute atomic E-state index is 11.7. The minimum Gasteiger partial charge on any atom is -0.449 e. The lowest BCUT2D eigenvalue weighted by atomic mass is 10.1. The number of benzene rings is 1. The van der Waals surface area contributed by atoms with Crippen molar-refractivity contribution in [2.45, 2.75) is 32.4 Å². The summed E-state index contributed by atoms with van der Waals surface area (Å²) in [4.78, 5) is 17.6. The Morgan fingerprint density at radius 1 is 1.32 bits per heavy atom. The molecular weight excluding hydrogens is 398 g/mol. The summed E-state index contributed by atoms with van der Waals surface area (Å²) in [5.41, 5.74) is 11.9. The Morgan fingerprint density at radius 3 is 3.03 bits per heavy atom. The Hall–Kier alpha value is -3.66. The predicted octanol–water partition coefficient (Wildman–Crippen LogP) is 3.43. The fourth-order valence-electron chi connectivity index (χ4n) is 3.96. The van der Waals surface area contributed by atoms with Crippen LogP contribution in [0.2, 0.25) is 0 Å². The van der Waals surface area contributed by atoms with E-state index < -0.39 is 6.09 Å². The Bertz CT molecular complexity index is 1260. The first kappa shape index (κ1) is 19.3. The first-order valence-electron chi connectivity index (χ1n) is 10.3. The molecule has 0 bridgehead atoms. The molecule has 0 spiro atoms. The summed E-state index contributed by atoms with van der Waals surface area (Å²) in [6.07, 6.45) is 6.00. The van der Waals surface area contributed by atoms with E-state index in [0.717, 1.165) is 53.4 Å². The van der Waals surface area contributed by atoms with Gasteiger partial charge < -0.3 is 15.2 Å². The fourth-order valence-corrected chi connectivity index (χ4v) is 3.96. The van der Waals surface area contributed by atoms with Crippen LogP contribution in [0.1, 0.15) is 32.4 Å². The monoisotopic (exact) mass is 421 g/mol. The van der Waals surface area contributed by atoms with Crippen LogP contribution in [0.3, 0.4) is 0 Å². The number of nitrogen functional groups attached to an aromatic ring is 1. The number of aromatic nitrogens is 5. The zero-order chi connectivity index (χ0) is 21.4. The van der Waals surface area contributed by atoms with Gasteiger partial charge in [0.2, 0.25) is 0 Å². The van der Waals surface area contributed by atoms with Gasteiger partial charge in [-0.2, -0.15) is 9.89 Å². The van der Waals surface area contributed by atoms with Crippen molar-refractivity contribution in [1.29, 1.82) is 0 Å². The molecule has 10 heteroatoms. The number of rotatable bonds is 4. The second-order valence-corrected chi connectivity index (χ2v) is 7.38. The molecule has 0 aliphatic carbocycles. The number of nitrogens with zero attached hydrogens (tertiary/aromatic N) is 5. The summed E-state index contributed by atoms with van der Waals surface area (Å²) in [6, 6.07) is 7.96. The topological polar surface area (TPSA) is 122 Å². The van der Waals surface area contributed by atoms with E-state index in [4.69, 9.17) is 15.2 Å². The van der Waals surface area contributed by atoms with Gasteiger partial charge in [-0.05, 0) is 38.3 Å². The van der Waals surface area contributed by atoms with Gasteiger partial charge in [-0.15, -0.1) is 5.10 Å². The molecule has 3 N–H and O–H groups in total. The Labute approximate surface area is 177 Å². The lowest BCUT2D eigenvalue weighted by Gasteiger charge is -2.24. The van der Waals surface area contributed by atoms with E-state index in [1.165, 1.54) is 4.79 Å². The van der Waals surface area contributed by atoms with E-state index in [2.05, 4.69) is 20.6 Å². The van der Waals surface area contributed by atoms with Crippen molar-refractivity contribution in [3.8, 4) is 11.3 Å². The largest absolute Gasteiger partial charge is 0.449 e. The molecule has 1 amide bonds. The van der Waals surface area contributed by atoms with Crippen molar-refractivity contribution in [2.24, 2.45) is 0 Å². The molecule has 1 fully saturated rings. The van der Waals surface area contributed by atoms with Gasteiger partial charge in [-0.1, -0.05) is 12.1 Å². The molecule has 1 atom stereocenters. The van der Waals surface area contributed by atoms with E-state index in [-0.39, 0.29) is 18.7 Å². The molecule has 160 valence electrons.